The first kappa shape index (κ1) is 21.0. The molecule has 2 rings (SSSR count). The average Bonchev–Trinajstić information content (AvgIpc) is 2.87. The fraction of sp³-hybridized carbons (Fsp3) is 0.526. The van der Waals surface area contributed by atoms with Gasteiger partial charge in [0.15, 0.2) is 0 Å². The van der Waals surface area contributed by atoms with E-state index in [-0.39, 0.29) is 37.4 Å². The van der Waals surface area contributed by atoms with Crippen molar-refractivity contribution in [3.8, 4) is 5.75 Å². The first-order chi connectivity index (χ1) is 12.9. The first-order valence-electron chi connectivity index (χ1n) is 9.02. The molecular weight excluding hydrogens is 372 g/mol. The molecule has 1 aliphatic heterocycles. The Labute approximate surface area is 163 Å². The molecule has 1 atom stereocenters. The highest BCUT2D eigenvalue weighted by Crippen LogP contribution is 2.23. The number of amides is 2. The van der Waals surface area contributed by atoms with Crippen molar-refractivity contribution in [1.29, 1.82) is 0 Å². The van der Waals surface area contributed by atoms with Crippen LogP contribution in [0.25, 0.3) is 0 Å². The zero-order chi connectivity index (χ0) is 19.8. The molecule has 2 amide bonds. The molecule has 1 aromatic carbocycles. The summed E-state index contributed by atoms with van der Waals surface area (Å²) in [5.74, 6) is -0.751. The third-order valence-electron chi connectivity index (χ3n) is 4.61. The highest BCUT2D eigenvalue weighted by Gasteiger charge is 2.27. The topological polar surface area (TPSA) is 87.2 Å². The van der Waals surface area contributed by atoms with Gasteiger partial charge in [-0.25, -0.2) is 0 Å². The van der Waals surface area contributed by atoms with Crippen LogP contribution in [0.5, 0.6) is 5.75 Å². The molecule has 8 heteroatoms. The van der Waals surface area contributed by atoms with E-state index in [1.54, 1.807) is 17.0 Å². The van der Waals surface area contributed by atoms with E-state index < -0.39 is 5.97 Å². The Balaban J connectivity index is 1.84. The number of aliphatic carboxylic acids is 1. The van der Waals surface area contributed by atoms with Crippen LogP contribution in [0, 0.1) is 0 Å². The predicted octanol–water partition coefficient (Wildman–Crippen LogP) is 2.42. The minimum absolute atomic E-state index is 0.0182. The molecule has 148 valence electrons. The van der Waals surface area contributed by atoms with E-state index in [4.69, 9.17) is 21.4 Å². The molecule has 0 saturated carbocycles. The SMILES string of the molecule is CC(=O)N(CC(=O)O)C1CCCN(C(=O)CCOc2ccccc2Cl)CC1. The monoisotopic (exact) mass is 396 g/mol. The molecule has 7 nitrogen and oxygen atoms in total. The summed E-state index contributed by atoms with van der Waals surface area (Å²) >= 11 is 6.02. The number of benzene rings is 1. The second kappa shape index (κ2) is 10.2. The number of carboxylic acid groups (broad SMARTS) is 1. The standard InChI is InChI=1S/C19H25ClN2O5/c1-14(23)22(13-19(25)26)15-5-4-10-21(11-8-15)18(24)9-12-27-17-7-3-2-6-16(17)20/h2-3,6-7,15H,4-5,8-13H2,1H3,(H,25,26). The third-order valence-corrected chi connectivity index (χ3v) is 4.92. The summed E-state index contributed by atoms with van der Waals surface area (Å²) in [6, 6.07) is 6.95. The normalized spacial score (nSPS) is 17.1. The summed E-state index contributed by atoms with van der Waals surface area (Å²) in [7, 11) is 0. The number of carboxylic acids is 1. The van der Waals surface area contributed by atoms with Crippen molar-refractivity contribution in [2.75, 3.05) is 26.2 Å². The van der Waals surface area contributed by atoms with Crippen LogP contribution >= 0.6 is 11.6 Å². The number of para-hydroxylation sites is 1. The van der Waals surface area contributed by atoms with Gasteiger partial charge in [0.25, 0.3) is 0 Å². The molecule has 0 spiro atoms. The van der Waals surface area contributed by atoms with Crippen molar-refractivity contribution in [3.05, 3.63) is 29.3 Å². The molecular formula is C19H25ClN2O5. The van der Waals surface area contributed by atoms with E-state index in [2.05, 4.69) is 0 Å². The van der Waals surface area contributed by atoms with Gasteiger partial charge in [-0.1, -0.05) is 23.7 Å². The second-order valence-corrected chi connectivity index (χ2v) is 6.94. The van der Waals surface area contributed by atoms with Crippen LogP contribution < -0.4 is 4.74 Å². The van der Waals surface area contributed by atoms with Crippen LogP contribution in [0.1, 0.15) is 32.6 Å². The lowest BCUT2D eigenvalue weighted by Gasteiger charge is -2.28. The molecule has 27 heavy (non-hydrogen) atoms. The van der Waals surface area contributed by atoms with E-state index in [1.165, 1.54) is 11.8 Å². The number of halogens is 1. The fourth-order valence-corrected chi connectivity index (χ4v) is 3.44. The van der Waals surface area contributed by atoms with E-state index in [1.807, 2.05) is 12.1 Å². The number of nitrogens with zero attached hydrogens (tertiary/aromatic N) is 2. The maximum absolute atomic E-state index is 12.5. The van der Waals surface area contributed by atoms with Gasteiger partial charge in [-0.15, -0.1) is 0 Å². The summed E-state index contributed by atoms with van der Waals surface area (Å²) in [5, 5.41) is 9.51. The van der Waals surface area contributed by atoms with Gasteiger partial charge in [0.1, 0.15) is 12.3 Å². The average molecular weight is 397 g/mol. The summed E-state index contributed by atoms with van der Waals surface area (Å²) in [6.45, 7) is 2.41. The lowest BCUT2D eigenvalue weighted by Crippen LogP contribution is -2.43. The lowest BCUT2D eigenvalue weighted by atomic mass is 10.1. The molecule has 1 fully saturated rings. The Kier molecular flexibility index (Phi) is 7.91. The van der Waals surface area contributed by atoms with Gasteiger partial charge in [-0.3, -0.25) is 14.4 Å². The van der Waals surface area contributed by atoms with Crippen molar-refractivity contribution in [1.82, 2.24) is 9.80 Å². The number of carbonyl (C=O) groups excluding carboxylic acids is 2. The van der Waals surface area contributed by atoms with Gasteiger partial charge >= 0.3 is 5.97 Å². The van der Waals surface area contributed by atoms with Crippen molar-refractivity contribution in [3.63, 3.8) is 0 Å². The smallest absolute Gasteiger partial charge is 0.323 e. The highest BCUT2D eigenvalue weighted by atomic mass is 35.5. The van der Waals surface area contributed by atoms with Gasteiger partial charge < -0.3 is 19.6 Å². The van der Waals surface area contributed by atoms with Crippen molar-refractivity contribution in [2.24, 2.45) is 0 Å². The quantitative estimate of drug-likeness (QED) is 0.764. The van der Waals surface area contributed by atoms with Crippen LogP contribution in [0.3, 0.4) is 0 Å². The molecule has 1 aromatic rings. The maximum Gasteiger partial charge on any atom is 0.323 e. The first-order valence-corrected chi connectivity index (χ1v) is 9.40. The van der Waals surface area contributed by atoms with Crippen LogP contribution in [0.2, 0.25) is 5.02 Å². The van der Waals surface area contributed by atoms with Gasteiger partial charge in [0, 0.05) is 26.1 Å². The Morgan fingerprint density at radius 2 is 2.00 bits per heavy atom. The molecule has 0 aliphatic carbocycles. The number of carbonyl (C=O) groups is 3. The third kappa shape index (κ3) is 6.43. The molecule has 0 radical (unpaired) electrons. The number of rotatable bonds is 7. The fourth-order valence-electron chi connectivity index (χ4n) is 3.25. The maximum atomic E-state index is 12.5. The van der Waals surface area contributed by atoms with Crippen LogP contribution in [0.15, 0.2) is 24.3 Å². The van der Waals surface area contributed by atoms with E-state index in [0.29, 0.717) is 36.7 Å². The molecule has 0 bridgehead atoms. The van der Waals surface area contributed by atoms with E-state index >= 15 is 0 Å². The van der Waals surface area contributed by atoms with Crippen LogP contribution in [-0.2, 0) is 14.4 Å². The molecule has 1 N–H and O–H groups in total. The van der Waals surface area contributed by atoms with Gasteiger partial charge in [0.05, 0.1) is 18.1 Å². The van der Waals surface area contributed by atoms with Crippen molar-refractivity contribution < 1.29 is 24.2 Å². The van der Waals surface area contributed by atoms with E-state index in [9.17, 15) is 14.4 Å². The molecule has 1 heterocycles. The zero-order valence-electron chi connectivity index (χ0n) is 15.4. The summed E-state index contributed by atoms with van der Waals surface area (Å²) < 4.78 is 5.57. The van der Waals surface area contributed by atoms with Crippen molar-refractivity contribution in [2.45, 2.75) is 38.6 Å². The zero-order valence-corrected chi connectivity index (χ0v) is 16.2. The molecule has 1 saturated heterocycles. The Morgan fingerprint density at radius 3 is 2.67 bits per heavy atom. The molecule has 0 aromatic heterocycles. The van der Waals surface area contributed by atoms with Gasteiger partial charge in [-0.05, 0) is 31.4 Å². The van der Waals surface area contributed by atoms with Gasteiger partial charge in [-0.2, -0.15) is 0 Å². The number of ether oxygens (including phenoxy) is 1. The highest BCUT2D eigenvalue weighted by molar-refractivity contribution is 6.32. The van der Waals surface area contributed by atoms with Gasteiger partial charge in [0.2, 0.25) is 11.8 Å². The number of likely N-dealkylation sites (tertiary alicyclic amines) is 1. The number of hydrogen-bond donors (Lipinski definition) is 1. The largest absolute Gasteiger partial charge is 0.491 e. The molecule has 1 aliphatic rings. The Hall–Kier alpha value is -2.28. The molecule has 1 unspecified atom stereocenters. The minimum atomic E-state index is -1.03. The minimum Gasteiger partial charge on any atom is -0.491 e. The predicted molar refractivity (Wildman–Crippen MR) is 101 cm³/mol. The number of hydrogen-bond acceptors (Lipinski definition) is 4. The van der Waals surface area contributed by atoms with Crippen LogP contribution in [0.4, 0.5) is 0 Å². The second-order valence-electron chi connectivity index (χ2n) is 6.54. The Morgan fingerprint density at radius 1 is 1.26 bits per heavy atom. The summed E-state index contributed by atoms with van der Waals surface area (Å²) in [6.07, 6.45) is 2.23. The van der Waals surface area contributed by atoms with Crippen LogP contribution in [-0.4, -0.2) is 65.0 Å². The lowest BCUT2D eigenvalue weighted by molar-refractivity contribution is -0.145. The summed E-state index contributed by atoms with van der Waals surface area (Å²) in [4.78, 5) is 38.4. The van der Waals surface area contributed by atoms with E-state index in [0.717, 1.165) is 6.42 Å². The van der Waals surface area contributed by atoms with Crippen molar-refractivity contribution >= 4 is 29.4 Å². The Bertz CT molecular complexity index is 682. The summed E-state index contributed by atoms with van der Waals surface area (Å²) in [5.41, 5.74) is 0.